The summed E-state index contributed by atoms with van der Waals surface area (Å²) in [6.45, 7) is 10.3. The van der Waals surface area contributed by atoms with Crippen molar-refractivity contribution in [3.8, 4) is 5.75 Å². The SMILES string of the molecule is CCN(CC)CCN(C(=O)c1ccc(S(=O)(=O)N2CCCC(C)C2)cc1)c1nc2ccc(OC)cc2s1. The summed E-state index contributed by atoms with van der Waals surface area (Å²) in [6, 6.07) is 12.0. The highest BCUT2D eigenvalue weighted by Gasteiger charge is 2.29. The molecule has 3 aromatic rings. The van der Waals surface area contributed by atoms with E-state index >= 15 is 0 Å². The third kappa shape index (κ3) is 6.14. The van der Waals surface area contributed by atoms with E-state index in [1.165, 1.54) is 11.3 Å². The first kappa shape index (κ1) is 27.5. The van der Waals surface area contributed by atoms with Crippen LogP contribution in [0.4, 0.5) is 5.13 Å². The van der Waals surface area contributed by atoms with Gasteiger partial charge in [-0.2, -0.15) is 4.31 Å². The van der Waals surface area contributed by atoms with Crippen molar-refractivity contribution in [2.75, 3.05) is 51.3 Å². The van der Waals surface area contributed by atoms with Gasteiger partial charge in [0.25, 0.3) is 5.91 Å². The molecule has 1 aliphatic heterocycles. The Labute approximate surface area is 223 Å². The molecule has 1 aliphatic rings. The second kappa shape index (κ2) is 11.9. The smallest absolute Gasteiger partial charge is 0.260 e. The van der Waals surface area contributed by atoms with E-state index in [0.29, 0.717) is 42.8 Å². The molecule has 0 bridgehead atoms. The number of aromatic nitrogens is 1. The van der Waals surface area contributed by atoms with Crippen molar-refractivity contribution in [2.45, 2.75) is 38.5 Å². The Kier molecular flexibility index (Phi) is 8.84. The van der Waals surface area contributed by atoms with E-state index in [-0.39, 0.29) is 10.8 Å². The van der Waals surface area contributed by atoms with Crippen molar-refractivity contribution in [2.24, 2.45) is 5.92 Å². The van der Waals surface area contributed by atoms with Crippen molar-refractivity contribution in [3.05, 3.63) is 48.0 Å². The van der Waals surface area contributed by atoms with Crippen molar-refractivity contribution in [1.29, 1.82) is 0 Å². The molecule has 0 saturated carbocycles. The molecule has 0 N–H and O–H groups in total. The highest BCUT2D eigenvalue weighted by molar-refractivity contribution is 7.89. The molecular weight excluding hydrogens is 508 g/mol. The van der Waals surface area contributed by atoms with Gasteiger partial charge in [0.1, 0.15) is 5.75 Å². The van der Waals surface area contributed by atoms with Crippen LogP contribution in [0.3, 0.4) is 0 Å². The first-order valence-corrected chi connectivity index (χ1v) is 15.1. The minimum atomic E-state index is -3.58. The van der Waals surface area contributed by atoms with Crippen LogP contribution < -0.4 is 9.64 Å². The number of benzene rings is 2. The number of thiazole rings is 1. The van der Waals surface area contributed by atoms with E-state index in [1.807, 2.05) is 18.2 Å². The fourth-order valence-electron chi connectivity index (χ4n) is 4.64. The Morgan fingerprint density at radius 2 is 1.86 bits per heavy atom. The lowest BCUT2D eigenvalue weighted by atomic mass is 10.0. The molecule has 1 aromatic heterocycles. The van der Waals surface area contributed by atoms with Crippen LogP contribution >= 0.6 is 11.3 Å². The molecule has 4 rings (SSSR count). The fourth-order valence-corrected chi connectivity index (χ4v) is 7.26. The number of anilines is 1. The molecule has 200 valence electrons. The Hall–Kier alpha value is -2.53. The Balaban J connectivity index is 1.61. The topological polar surface area (TPSA) is 83.1 Å². The van der Waals surface area contributed by atoms with Crippen molar-refractivity contribution < 1.29 is 17.9 Å². The average Bonchev–Trinajstić information content (AvgIpc) is 3.34. The number of hydrogen-bond acceptors (Lipinski definition) is 7. The molecule has 1 unspecified atom stereocenters. The number of ether oxygens (including phenoxy) is 1. The Morgan fingerprint density at radius 3 is 2.51 bits per heavy atom. The number of amides is 1. The van der Waals surface area contributed by atoms with Gasteiger partial charge in [-0.1, -0.05) is 32.1 Å². The molecular formula is C27H36N4O4S2. The molecule has 2 aromatic carbocycles. The van der Waals surface area contributed by atoms with Gasteiger partial charge in [0.05, 0.1) is 22.2 Å². The number of carbonyl (C=O) groups excluding carboxylic acids is 1. The summed E-state index contributed by atoms with van der Waals surface area (Å²) in [4.78, 5) is 22.6. The number of carbonyl (C=O) groups is 1. The average molecular weight is 545 g/mol. The maximum atomic E-state index is 13.7. The zero-order valence-electron chi connectivity index (χ0n) is 22.0. The van der Waals surface area contributed by atoms with Crippen LogP contribution in [0.1, 0.15) is 44.0 Å². The Morgan fingerprint density at radius 1 is 1.14 bits per heavy atom. The van der Waals surface area contributed by atoms with Gasteiger partial charge in [0, 0.05) is 31.7 Å². The molecule has 0 aliphatic carbocycles. The summed E-state index contributed by atoms with van der Waals surface area (Å²) < 4.78 is 34.2. The number of fused-ring (bicyclic) bond motifs is 1. The summed E-state index contributed by atoms with van der Waals surface area (Å²) >= 11 is 1.44. The van der Waals surface area contributed by atoms with Gasteiger partial charge in [-0.15, -0.1) is 0 Å². The van der Waals surface area contributed by atoms with E-state index in [4.69, 9.17) is 9.72 Å². The van der Waals surface area contributed by atoms with Crippen molar-refractivity contribution in [1.82, 2.24) is 14.2 Å². The summed E-state index contributed by atoms with van der Waals surface area (Å²) in [5, 5.41) is 0.611. The van der Waals surface area contributed by atoms with Gasteiger partial charge in [0.15, 0.2) is 5.13 Å². The van der Waals surface area contributed by atoms with Crippen LogP contribution in [0.2, 0.25) is 0 Å². The van der Waals surface area contributed by atoms with Crippen LogP contribution in [0.15, 0.2) is 47.4 Å². The second-order valence-corrected chi connectivity index (χ2v) is 12.4. The third-order valence-electron chi connectivity index (χ3n) is 6.95. The zero-order chi connectivity index (χ0) is 26.6. The van der Waals surface area contributed by atoms with Gasteiger partial charge in [0.2, 0.25) is 10.0 Å². The molecule has 10 heteroatoms. The lowest BCUT2D eigenvalue weighted by Gasteiger charge is -2.30. The van der Waals surface area contributed by atoms with Gasteiger partial charge in [-0.3, -0.25) is 9.69 Å². The van der Waals surface area contributed by atoms with Gasteiger partial charge < -0.3 is 9.64 Å². The number of piperidine rings is 1. The lowest BCUT2D eigenvalue weighted by Crippen LogP contribution is -2.39. The maximum Gasteiger partial charge on any atom is 0.260 e. The second-order valence-electron chi connectivity index (χ2n) is 9.45. The van der Waals surface area contributed by atoms with Crippen LogP contribution in [0.5, 0.6) is 5.75 Å². The summed E-state index contributed by atoms with van der Waals surface area (Å²) in [7, 11) is -1.96. The highest BCUT2D eigenvalue weighted by Crippen LogP contribution is 2.32. The number of methoxy groups -OCH3 is 1. The number of likely N-dealkylation sites (N-methyl/N-ethyl adjacent to an activating group) is 1. The van der Waals surface area contributed by atoms with E-state index in [1.54, 1.807) is 40.6 Å². The van der Waals surface area contributed by atoms with Gasteiger partial charge in [-0.05, 0) is 74.3 Å². The Bertz CT molecular complexity index is 1320. The van der Waals surface area contributed by atoms with Crippen molar-refractivity contribution in [3.63, 3.8) is 0 Å². The molecule has 0 spiro atoms. The first-order chi connectivity index (χ1) is 17.8. The van der Waals surface area contributed by atoms with Crippen LogP contribution in [-0.4, -0.2) is 74.9 Å². The predicted octanol–water partition coefficient (Wildman–Crippen LogP) is 4.71. The fraction of sp³-hybridized carbons (Fsp3) is 0.481. The predicted molar refractivity (Wildman–Crippen MR) is 149 cm³/mol. The van der Waals surface area contributed by atoms with E-state index < -0.39 is 10.0 Å². The minimum absolute atomic E-state index is 0.200. The molecule has 1 amide bonds. The first-order valence-electron chi connectivity index (χ1n) is 12.9. The number of sulfonamides is 1. The van der Waals surface area contributed by atoms with Crippen LogP contribution in [0.25, 0.3) is 10.2 Å². The van der Waals surface area contributed by atoms with E-state index in [9.17, 15) is 13.2 Å². The summed E-state index contributed by atoms with van der Waals surface area (Å²) in [5.41, 5.74) is 1.24. The third-order valence-corrected chi connectivity index (χ3v) is 9.87. The van der Waals surface area contributed by atoms with E-state index in [2.05, 4.69) is 25.7 Å². The highest BCUT2D eigenvalue weighted by atomic mass is 32.2. The van der Waals surface area contributed by atoms with Crippen LogP contribution in [-0.2, 0) is 10.0 Å². The lowest BCUT2D eigenvalue weighted by molar-refractivity contribution is 0.0983. The monoisotopic (exact) mass is 544 g/mol. The normalized spacial score (nSPS) is 16.8. The maximum absolute atomic E-state index is 13.7. The molecule has 1 saturated heterocycles. The molecule has 37 heavy (non-hydrogen) atoms. The standard InChI is InChI=1S/C27H36N4O4S2/c1-5-29(6-2)16-17-31(27-28-24-14-11-22(35-4)18-25(24)36-27)26(32)21-9-12-23(13-10-21)37(33,34)30-15-7-8-20(3)19-30/h9-14,18,20H,5-8,15-17,19H2,1-4H3. The van der Waals surface area contributed by atoms with Crippen LogP contribution in [0, 0.1) is 5.92 Å². The summed E-state index contributed by atoms with van der Waals surface area (Å²) in [5.74, 6) is 0.884. The van der Waals surface area contributed by atoms with Crippen molar-refractivity contribution >= 4 is 42.6 Å². The number of rotatable bonds is 10. The molecule has 1 fully saturated rings. The number of hydrogen-bond donors (Lipinski definition) is 0. The number of nitrogens with zero attached hydrogens (tertiary/aromatic N) is 4. The molecule has 8 nitrogen and oxygen atoms in total. The summed E-state index contributed by atoms with van der Waals surface area (Å²) in [6.07, 6.45) is 1.91. The molecule has 1 atom stereocenters. The van der Waals surface area contributed by atoms with E-state index in [0.717, 1.165) is 41.9 Å². The largest absolute Gasteiger partial charge is 0.497 e. The molecule has 0 radical (unpaired) electrons. The van der Waals surface area contributed by atoms with Gasteiger partial charge in [-0.25, -0.2) is 13.4 Å². The zero-order valence-corrected chi connectivity index (χ0v) is 23.6. The molecule has 2 heterocycles. The quantitative estimate of drug-likeness (QED) is 0.368. The van der Waals surface area contributed by atoms with Gasteiger partial charge >= 0.3 is 0 Å². The minimum Gasteiger partial charge on any atom is -0.497 e.